The Bertz CT molecular complexity index is 328. The van der Waals surface area contributed by atoms with E-state index in [1.165, 1.54) is 6.07 Å². The molecular formula is C10H12ClFN2. The number of hydrogen-bond donors (Lipinski definition) is 2. The zero-order chi connectivity index (χ0) is 10.6. The summed E-state index contributed by atoms with van der Waals surface area (Å²) in [5, 5.41) is 0.104. The number of halogens is 2. The highest BCUT2D eigenvalue weighted by atomic mass is 35.5. The Morgan fingerprint density at radius 2 is 2.36 bits per heavy atom. The normalized spacial score (nSPS) is 12.5. The van der Waals surface area contributed by atoms with Crippen molar-refractivity contribution in [3.8, 4) is 0 Å². The fraction of sp³-hybridized carbons (Fsp3) is 0.200. The summed E-state index contributed by atoms with van der Waals surface area (Å²) in [4.78, 5) is 0. The van der Waals surface area contributed by atoms with Gasteiger partial charge in [0.15, 0.2) is 0 Å². The van der Waals surface area contributed by atoms with Crippen LogP contribution in [0.15, 0.2) is 30.9 Å². The molecule has 2 nitrogen and oxygen atoms in total. The van der Waals surface area contributed by atoms with Crippen LogP contribution in [0.1, 0.15) is 18.0 Å². The van der Waals surface area contributed by atoms with Crippen molar-refractivity contribution < 1.29 is 4.39 Å². The van der Waals surface area contributed by atoms with Gasteiger partial charge in [-0.25, -0.2) is 4.39 Å². The highest BCUT2D eigenvalue weighted by Crippen LogP contribution is 2.24. The molecule has 1 atom stereocenters. The van der Waals surface area contributed by atoms with Crippen molar-refractivity contribution in [1.82, 2.24) is 5.43 Å². The van der Waals surface area contributed by atoms with Crippen molar-refractivity contribution in [1.29, 1.82) is 0 Å². The minimum absolute atomic E-state index is 0.104. The maximum atomic E-state index is 13.5. The van der Waals surface area contributed by atoms with E-state index < -0.39 is 5.82 Å². The number of rotatable bonds is 4. The van der Waals surface area contributed by atoms with Crippen LogP contribution in [0.25, 0.3) is 0 Å². The fourth-order valence-electron chi connectivity index (χ4n) is 1.24. The third-order valence-corrected chi connectivity index (χ3v) is 2.25. The smallest absolute Gasteiger partial charge is 0.146 e. The SMILES string of the molecule is C=CCC(NN)c1cccc(Cl)c1F. The number of benzene rings is 1. The van der Waals surface area contributed by atoms with Gasteiger partial charge < -0.3 is 0 Å². The molecule has 0 aliphatic rings. The molecule has 0 saturated carbocycles. The number of nitrogens with two attached hydrogens (primary N) is 1. The van der Waals surface area contributed by atoms with Gasteiger partial charge in [-0.3, -0.25) is 11.3 Å². The van der Waals surface area contributed by atoms with Gasteiger partial charge in [-0.05, 0) is 12.5 Å². The van der Waals surface area contributed by atoms with Crippen molar-refractivity contribution in [3.63, 3.8) is 0 Å². The predicted molar refractivity (Wildman–Crippen MR) is 56.3 cm³/mol. The molecule has 1 aromatic rings. The maximum Gasteiger partial charge on any atom is 0.146 e. The van der Waals surface area contributed by atoms with E-state index in [1.807, 2.05) is 0 Å². The van der Waals surface area contributed by atoms with Crippen LogP contribution in [-0.4, -0.2) is 0 Å². The number of nitrogens with one attached hydrogen (secondary N) is 1. The second-order valence-electron chi connectivity index (χ2n) is 2.89. The second kappa shape index (κ2) is 5.10. The summed E-state index contributed by atoms with van der Waals surface area (Å²) in [6.45, 7) is 3.58. The Morgan fingerprint density at radius 1 is 1.64 bits per heavy atom. The molecule has 1 unspecified atom stereocenters. The van der Waals surface area contributed by atoms with Gasteiger partial charge in [-0.2, -0.15) is 0 Å². The molecule has 14 heavy (non-hydrogen) atoms. The lowest BCUT2D eigenvalue weighted by molar-refractivity contribution is 0.517. The molecule has 0 saturated heterocycles. The van der Waals surface area contributed by atoms with Gasteiger partial charge in [0, 0.05) is 5.56 Å². The van der Waals surface area contributed by atoms with Crippen LogP contribution in [0.2, 0.25) is 5.02 Å². The summed E-state index contributed by atoms with van der Waals surface area (Å²) in [5.74, 6) is 4.87. The van der Waals surface area contributed by atoms with Crippen molar-refractivity contribution >= 4 is 11.6 Å². The van der Waals surface area contributed by atoms with E-state index in [0.29, 0.717) is 12.0 Å². The summed E-state index contributed by atoms with van der Waals surface area (Å²) in [5.41, 5.74) is 2.98. The van der Waals surface area contributed by atoms with E-state index >= 15 is 0 Å². The first-order chi connectivity index (χ1) is 6.70. The first kappa shape index (κ1) is 11.2. The van der Waals surface area contributed by atoms with E-state index in [-0.39, 0.29) is 11.1 Å². The zero-order valence-electron chi connectivity index (χ0n) is 7.63. The van der Waals surface area contributed by atoms with Crippen LogP contribution in [-0.2, 0) is 0 Å². The van der Waals surface area contributed by atoms with Crippen molar-refractivity contribution in [3.05, 3.63) is 47.3 Å². The van der Waals surface area contributed by atoms with Gasteiger partial charge in [0.1, 0.15) is 5.82 Å². The molecule has 0 aliphatic carbocycles. The standard InChI is InChI=1S/C10H12ClFN2/c1-2-4-9(14-13)7-5-3-6-8(11)10(7)12/h2-3,5-6,9,14H,1,4,13H2. The predicted octanol–water partition coefficient (Wildman–Crippen LogP) is 2.56. The topological polar surface area (TPSA) is 38.0 Å². The molecule has 0 aliphatic heterocycles. The number of hydrazine groups is 1. The highest BCUT2D eigenvalue weighted by molar-refractivity contribution is 6.30. The van der Waals surface area contributed by atoms with Crippen LogP contribution in [0.4, 0.5) is 4.39 Å². The van der Waals surface area contributed by atoms with Crippen LogP contribution >= 0.6 is 11.6 Å². The molecule has 0 radical (unpaired) electrons. The Labute approximate surface area is 87.5 Å². The zero-order valence-corrected chi connectivity index (χ0v) is 8.39. The van der Waals surface area contributed by atoms with Gasteiger partial charge in [0.05, 0.1) is 11.1 Å². The van der Waals surface area contributed by atoms with Gasteiger partial charge in [0.2, 0.25) is 0 Å². The fourth-order valence-corrected chi connectivity index (χ4v) is 1.42. The largest absolute Gasteiger partial charge is 0.271 e. The molecule has 1 aromatic carbocycles. The minimum atomic E-state index is -0.432. The van der Waals surface area contributed by atoms with Gasteiger partial charge >= 0.3 is 0 Å². The van der Waals surface area contributed by atoms with Crippen molar-refractivity contribution in [2.24, 2.45) is 5.84 Å². The van der Waals surface area contributed by atoms with E-state index in [4.69, 9.17) is 17.4 Å². The lowest BCUT2D eigenvalue weighted by atomic mass is 10.0. The quantitative estimate of drug-likeness (QED) is 0.459. The first-order valence-corrected chi connectivity index (χ1v) is 4.59. The average Bonchev–Trinajstić information content (AvgIpc) is 2.19. The van der Waals surface area contributed by atoms with Gasteiger partial charge in [-0.15, -0.1) is 6.58 Å². The molecule has 76 valence electrons. The lowest BCUT2D eigenvalue weighted by Gasteiger charge is -2.15. The summed E-state index contributed by atoms with van der Waals surface area (Å²) in [6, 6.07) is 4.55. The molecule has 0 amide bonds. The number of hydrogen-bond acceptors (Lipinski definition) is 2. The monoisotopic (exact) mass is 214 g/mol. The van der Waals surface area contributed by atoms with Crippen LogP contribution in [0.3, 0.4) is 0 Å². The molecule has 0 spiro atoms. The minimum Gasteiger partial charge on any atom is -0.271 e. The average molecular weight is 215 g/mol. The first-order valence-electron chi connectivity index (χ1n) is 4.21. The third kappa shape index (κ3) is 2.32. The highest BCUT2D eigenvalue weighted by Gasteiger charge is 2.14. The Hall–Kier alpha value is -0.900. The molecule has 4 heteroatoms. The Morgan fingerprint density at radius 3 is 2.93 bits per heavy atom. The third-order valence-electron chi connectivity index (χ3n) is 1.96. The van der Waals surface area contributed by atoms with E-state index in [0.717, 1.165) is 0 Å². The van der Waals surface area contributed by atoms with Crippen LogP contribution < -0.4 is 11.3 Å². The molecule has 0 bridgehead atoms. The van der Waals surface area contributed by atoms with Gasteiger partial charge in [0.25, 0.3) is 0 Å². The second-order valence-corrected chi connectivity index (χ2v) is 3.29. The molecule has 0 heterocycles. The molecule has 1 rings (SSSR count). The maximum absolute atomic E-state index is 13.5. The van der Waals surface area contributed by atoms with E-state index in [1.54, 1.807) is 18.2 Å². The summed E-state index contributed by atoms with van der Waals surface area (Å²) < 4.78 is 13.5. The van der Waals surface area contributed by atoms with Gasteiger partial charge in [-0.1, -0.05) is 29.8 Å². The van der Waals surface area contributed by atoms with Crippen molar-refractivity contribution in [2.75, 3.05) is 0 Å². The van der Waals surface area contributed by atoms with Crippen LogP contribution in [0, 0.1) is 5.82 Å². The Kier molecular flexibility index (Phi) is 4.07. The summed E-state index contributed by atoms with van der Waals surface area (Å²) in [7, 11) is 0. The summed E-state index contributed by atoms with van der Waals surface area (Å²) >= 11 is 5.65. The molecule has 3 N–H and O–H groups in total. The van der Waals surface area contributed by atoms with E-state index in [9.17, 15) is 4.39 Å². The molecule has 0 fully saturated rings. The van der Waals surface area contributed by atoms with Crippen molar-refractivity contribution in [2.45, 2.75) is 12.5 Å². The van der Waals surface area contributed by atoms with E-state index in [2.05, 4.69) is 12.0 Å². The lowest BCUT2D eigenvalue weighted by Crippen LogP contribution is -2.28. The summed E-state index contributed by atoms with van der Waals surface area (Å²) in [6.07, 6.45) is 2.22. The Balaban J connectivity index is 3.03. The molecule has 0 aromatic heterocycles. The molecular weight excluding hydrogens is 203 g/mol. The van der Waals surface area contributed by atoms with Crippen LogP contribution in [0.5, 0.6) is 0 Å².